The Morgan fingerprint density at radius 3 is 2.60 bits per heavy atom. The number of hydrogen-bond donors (Lipinski definition) is 2. The molecule has 0 aromatic carbocycles. The molecular formula is C10H20N2O3. The third-order valence-corrected chi connectivity index (χ3v) is 2.16. The summed E-state index contributed by atoms with van der Waals surface area (Å²) in [5.74, 6) is 0. The van der Waals surface area contributed by atoms with Gasteiger partial charge in [-0.15, -0.1) is 0 Å². The van der Waals surface area contributed by atoms with Crippen LogP contribution < -0.4 is 10.6 Å². The number of rotatable bonds is 2. The molecule has 2 N–H and O–H groups in total. The normalized spacial score (nSPS) is 26.4. The zero-order valence-corrected chi connectivity index (χ0v) is 9.79. The van der Waals surface area contributed by atoms with E-state index in [-0.39, 0.29) is 12.1 Å². The van der Waals surface area contributed by atoms with E-state index in [1.54, 1.807) is 7.11 Å². The van der Waals surface area contributed by atoms with Crippen molar-refractivity contribution in [3.8, 4) is 0 Å². The highest BCUT2D eigenvalue weighted by molar-refractivity contribution is 5.68. The van der Waals surface area contributed by atoms with Gasteiger partial charge in [0.05, 0.1) is 12.1 Å². The van der Waals surface area contributed by atoms with Crippen LogP contribution in [-0.2, 0) is 9.47 Å². The van der Waals surface area contributed by atoms with E-state index in [4.69, 9.17) is 9.47 Å². The molecule has 5 heteroatoms. The predicted molar refractivity (Wildman–Crippen MR) is 56.8 cm³/mol. The van der Waals surface area contributed by atoms with E-state index >= 15 is 0 Å². The maximum atomic E-state index is 11.5. The summed E-state index contributed by atoms with van der Waals surface area (Å²) < 4.78 is 10.4. The Morgan fingerprint density at radius 1 is 1.40 bits per heavy atom. The van der Waals surface area contributed by atoms with Crippen molar-refractivity contribution in [3.63, 3.8) is 0 Å². The van der Waals surface area contributed by atoms with Crippen LogP contribution in [0.4, 0.5) is 4.79 Å². The fourth-order valence-electron chi connectivity index (χ4n) is 1.51. The van der Waals surface area contributed by atoms with Crippen LogP contribution in [0.2, 0.25) is 0 Å². The van der Waals surface area contributed by atoms with Gasteiger partial charge in [0.15, 0.2) is 0 Å². The Balaban J connectivity index is 2.37. The van der Waals surface area contributed by atoms with Crippen LogP contribution in [0.5, 0.6) is 0 Å². The number of amides is 1. The number of alkyl carbamates (subject to hydrolysis) is 1. The van der Waals surface area contributed by atoms with E-state index in [0.29, 0.717) is 0 Å². The van der Waals surface area contributed by atoms with Crippen molar-refractivity contribution >= 4 is 6.09 Å². The molecule has 15 heavy (non-hydrogen) atoms. The van der Waals surface area contributed by atoms with Gasteiger partial charge < -0.3 is 20.1 Å². The van der Waals surface area contributed by atoms with Crippen molar-refractivity contribution in [2.45, 2.75) is 38.5 Å². The van der Waals surface area contributed by atoms with Gasteiger partial charge in [-0.3, -0.25) is 0 Å². The lowest BCUT2D eigenvalue weighted by molar-refractivity contribution is 0.0417. The molecule has 1 aliphatic rings. The van der Waals surface area contributed by atoms with Gasteiger partial charge in [0.1, 0.15) is 5.60 Å². The number of carbonyl (C=O) groups excluding carboxylic acids is 1. The zero-order valence-electron chi connectivity index (χ0n) is 9.79. The number of methoxy groups -OCH3 is 1. The van der Waals surface area contributed by atoms with Gasteiger partial charge in [0, 0.05) is 20.2 Å². The third kappa shape index (κ3) is 4.05. The van der Waals surface area contributed by atoms with E-state index in [1.807, 2.05) is 20.8 Å². The minimum absolute atomic E-state index is 0.00940. The van der Waals surface area contributed by atoms with Crippen molar-refractivity contribution in [2.75, 3.05) is 20.2 Å². The summed E-state index contributed by atoms with van der Waals surface area (Å²) in [5, 5.41) is 5.93. The van der Waals surface area contributed by atoms with Gasteiger partial charge in [-0.05, 0) is 20.8 Å². The number of ether oxygens (including phenoxy) is 2. The standard InChI is InChI=1S/C10H20N2O3/c1-10(2,3)15-9(13)12-7-5-11-6-8(7)14-4/h7-8,11H,5-6H2,1-4H3,(H,12,13)/t7-,8-/m1/s1. The number of carbonyl (C=O) groups is 1. The molecule has 0 aliphatic carbocycles. The van der Waals surface area contributed by atoms with Crippen molar-refractivity contribution < 1.29 is 14.3 Å². The highest BCUT2D eigenvalue weighted by atomic mass is 16.6. The molecule has 1 heterocycles. The summed E-state index contributed by atoms with van der Waals surface area (Å²) in [6, 6.07) is -0.00940. The second-order valence-corrected chi connectivity index (χ2v) is 4.69. The summed E-state index contributed by atoms with van der Waals surface area (Å²) in [4.78, 5) is 11.5. The molecule has 0 unspecified atom stereocenters. The van der Waals surface area contributed by atoms with Crippen LogP contribution in [-0.4, -0.2) is 44.0 Å². The van der Waals surface area contributed by atoms with Gasteiger partial charge in [0.2, 0.25) is 0 Å². The average molecular weight is 216 g/mol. The van der Waals surface area contributed by atoms with Gasteiger partial charge >= 0.3 is 6.09 Å². The Morgan fingerprint density at radius 2 is 2.07 bits per heavy atom. The Kier molecular flexibility index (Phi) is 3.93. The summed E-state index contributed by atoms with van der Waals surface area (Å²) in [6.45, 7) is 7.00. The first-order chi connectivity index (χ1) is 6.92. The molecule has 2 atom stereocenters. The Bertz CT molecular complexity index is 225. The Hall–Kier alpha value is -0.810. The summed E-state index contributed by atoms with van der Waals surface area (Å²) in [6.07, 6.45) is -0.365. The van der Waals surface area contributed by atoms with Crippen molar-refractivity contribution in [3.05, 3.63) is 0 Å². The fourth-order valence-corrected chi connectivity index (χ4v) is 1.51. The van der Waals surface area contributed by atoms with E-state index in [2.05, 4.69) is 10.6 Å². The molecule has 0 saturated carbocycles. The van der Waals surface area contributed by atoms with E-state index in [0.717, 1.165) is 13.1 Å². The van der Waals surface area contributed by atoms with Crippen LogP contribution in [0.1, 0.15) is 20.8 Å². The molecular weight excluding hydrogens is 196 g/mol. The first kappa shape index (κ1) is 12.3. The van der Waals surface area contributed by atoms with Crippen LogP contribution in [0, 0.1) is 0 Å². The largest absolute Gasteiger partial charge is 0.444 e. The molecule has 88 valence electrons. The molecule has 0 spiro atoms. The maximum absolute atomic E-state index is 11.5. The van der Waals surface area contributed by atoms with Crippen molar-refractivity contribution in [1.29, 1.82) is 0 Å². The third-order valence-electron chi connectivity index (χ3n) is 2.16. The van der Waals surface area contributed by atoms with Gasteiger partial charge in [-0.1, -0.05) is 0 Å². The molecule has 1 rings (SSSR count). The SMILES string of the molecule is CO[C@@H]1CNC[C@H]1NC(=O)OC(C)(C)C. The molecule has 1 aliphatic heterocycles. The van der Waals surface area contributed by atoms with E-state index < -0.39 is 11.7 Å². The van der Waals surface area contributed by atoms with Crippen molar-refractivity contribution in [1.82, 2.24) is 10.6 Å². The fraction of sp³-hybridized carbons (Fsp3) is 0.900. The number of hydrogen-bond acceptors (Lipinski definition) is 4. The lowest BCUT2D eigenvalue weighted by Gasteiger charge is -2.23. The highest BCUT2D eigenvalue weighted by Gasteiger charge is 2.29. The lowest BCUT2D eigenvalue weighted by Crippen LogP contribution is -2.45. The first-order valence-corrected chi connectivity index (χ1v) is 5.15. The molecule has 0 radical (unpaired) electrons. The van der Waals surface area contributed by atoms with Gasteiger partial charge in [-0.2, -0.15) is 0 Å². The number of nitrogens with one attached hydrogen (secondary N) is 2. The van der Waals surface area contributed by atoms with E-state index in [9.17, 15) is 4.79 Å². The smallest absolute Gasteiger partial charge is 0.408 e. The molecule has 0 aromatic heterocycles. The minimum Gasteiger partial charge on any atom is -0.444 e. The molecule has 1 amide bonds. The average Bonchev–Trinajstić information content (AvgIpc) is 2.48. The quantitative estimate of drug-likeness (QED) is 0.705. The molecule has 1 fully saturated rings. The van der Waals surface area contributed by atoms with Gasteiger partial charge in [-0.25, -0.2) is 4.79 Å². The second-order valence-electron chi connectivity index (χ2n) is 4.69. The molecule has 0 bridgehead atoms. The minimum atomic E-state index is -0.460. The highest BCUT2D eigenvalue weighted by Crippen LogP contribution is 2.09. The first-order valence-electron chi connectivity index (χ1n) is 5.15. The van der Waals surface area contributed by atoms with Crippen LogP contribution in [0.25, 0.3) is 0 Å². The van der Waals surface area contributed by atoms with Crippen LogP contribution in [0.15, 0.2) is 0 Å². The summed E-state index contributed by atoms with van der Waals surface area (Å²) in [5.41, 5.74) is -0.460. The second kappa shape index (κ2) is 4.81. The van der Waals surface area contributed by atoms with Crippen LogP contribution >= 0.6 is 0 Å². The molecule has 5 nitrogen and oxygen atoms in total. The molecule has 1 saturated heterocycles. The topological polar surface area (TPSA) is 59.6 Å². The maximum Gasteiger partial charge on any atom is 0.408 e. The Labute approximate surface area is 90.5 Å². The summed E-state index contributed by atoms with van der Waals surface area (Å²) in [7, 11) is 1.64. The summed E-state index contributed by atoms with van der Waals surface area (Å²) >= 11 is 0. The monoisotopic (exact) mass is 216 g/mol. The lowest BCUT2D eigenvalue weighted by atomic mass is 10.2. The van der Waals surface area contributed by atoms with Crippen LogP contribution in [0.3, 0.4) is 0 Å². The zero-order chi connectivity index (χ0) is 11.5. The van der Waals surface area contributed by atoms with Crippen molar-refractivity contribution in [2.24, 2.45) is 0 Å². The molecule has 0 aromatic rings. The van der Waals surface area contributed by atoms with E-state index in [1.165, 1.54) is 0 Å². The van der Waals surface area contributed by atoms with Gasteiger partial charge in [0.25, 0.3) is 0 Å². The predicted octanol–water partition coefficient (Wildman–Crippen LogP) is 0.498.